The Hall–Kier alpha value is -1.13. The molecule has 1 aromatic rings. The van der Waals surface area contributed by atoms with Crippen LogP contribution in [0.5, 0.6) is 0 Å². The Morgan fingerprint density at radius 2 is 0.780 bits per heavy atom. The van der Waals surface area contributed by atoms with Crippen molar-refractivity contribution in [1.29, 1.82) is 0 Å². The number of benzene rings is 1. The minimum Gasteiger partial charge on any atom is -1.00 e. The lowest BCUT2D eigenvalue weighted by molar-refractivity contribution is -0.923. The smallest absolute Gasteiger partial charge is 0.104 e. The summed E-state index contributed by atoms with van der Waals surface area (Å²) in [6.45, 7) is 11.2. The van der Waals surface area contributed by atoms with Crippen LogP contribution in [-0.2, 0) is 16.0 Å². The van der Waals surface area contributed by atoms with Gasteiger partial charge in [-0.2, -0.15) is 0 Å². The van der Waals surface area contributed by atoms with E-state index < -0.39 is 0 Å². The molecule has 0 aliphatic heterocycles. The maximum atomic E-state index is 6.15. The van der Waals surface area contributed by atoms with Crippen molar-refractivity contribution >= 4 is 0 Å². The lowest BCUT2D eigenvalue weighted by Crippen LogP contribution is -3.00. The minimum absolute atomic E-state index is 0. The molecule has 0 atom stereocenters. The Morgan fingerprint density at radius 1 is 0.440 bits per heavy atom. The van der Waals surface area contributed by atoms with Gasteiger partial charge in [0, 0.05) is 18.8 Å². The SMILES string of the molecule is CCCCCCCC/C=C/CCCCCCCOCC[N+](C)(CCOCCCCCCC/C=C/CCCCCCCC)Cc1ccccc1.[Cl-]. The van der Waals surface area contributed by atoms with Crippen molar-refractivity contribution < 1.29 is 26.4 Å². The predicted octanol–water partition coefficient (Wildman–Crippen LogP) is 11.0. The zero-order valence-corrected chi connectivity index (χ0v) is 34.4. The van der Waals surface area contributed by atoms with Crippen molar-refractivity contribution in [3.8, 4) is 0 Å². The number of hydrogen-bond acceptors (Lipinski definition) is 2. The molecule has 0 bridgehead atoms. The molecule has 0 spiro atoms. The van der Waals surface area contributed by atoms with Crippen molar-refractivity contribution in [1.82, 2.24) is 0 Å². The second kappa shape index (κ2) is 39.1. The van der Waals surface area contributed by atoms with Gasteiger partial charge in [-0.15, -0.1) is 0 Å². The quantitative estimate of drug-likeness (QED) is 0.0385. The Bertz CT molecular complexity index is 796. The van der Waals surface area contributed by atoms with Crippen LogP contribution in [0.3, 0.4) is 0 Å². The monoisotopic (exact) mass is 718 g/mol. The highest BCUT2D eigenvalue weighted by Crippen LogP contribution is 2.14. The van der Waals surface area contributed by atoms with Gasteiger partial charge in [0.25, 0.3) is 0 Å². The lowest BCUT2D eigenvalue weighted by Gasteiger charge is -2.34. The maximum Gasteiger partial charge on any atom is 0.104 e. The molecule has 1 rings (SSSR count). The predicted molar refractivity (Wildman–Crippen MR) is 217 cm³/mol. The summed E-state index contributed by atoms with van der Waals surface area (Å²) >= 11 is 0. The first kappa shape index (κ1) is 48.9. The topological polar surface area (TPSA) is 18.5 Å². The third-order valence-corrected chi connectivity index (χ3v) is 10.1. The summed E-state index contributed by atoms with van der Waals surface area (Å²) in [6, 6.07) is 10.9. The van der Waals surface area contributed by atoms with Crippen LogP contribution in [-0.4, -0.2) is 51.0 Å². The molecular weight excluding hydrogens is 634 g/mol. The minimum atomic E-state index is 0. The van der Waals surface area contributed by atoms with Crippen LogP contribution in [0.15, 0.2) is 54.6 Å². The Morgan fingerprint density at radius 3 is 1.16 bits per heavy atom. The molecule has 0 aliphatic carbocycles. The van der Waals surface area contributed by atoms with E-state index in [4.69, 9.17) is 9.47 Å². The van der Waals surface area contributed by atoms with E-state index in [-0.39, 0.29) is 12.4 Å². The van der Waals surface area contributed by atoms with Gasteiger partial charge in [-0.05, 0) is 64.2 Å². The van der Waals surface area contributed by atoms with Gasteiger partial charge in [0.05, 0.1) is 20.3 Å². The van der Waals surface area contributed by atoms with Crippen molar-refractivity contribution in [3.05, 3.63) is 60.2 Å². The largest absolute Gasteiger partial charge is 1.00 e. The van der Waals surface area contributed by atoms with Gasteiger partial charge < -0.3 is 26.4 Å². The number of ether oxygens (including phenoxy) is 2. The lowest BCUT2D eigenvalue weighted by atomic mass is 10.1. The van der Waals surface area contributed by atoms with Crippen LogP contribution in [0, 0.1) is 0 Å². The fourth-order valence-electron chi connectivity index (χ4n) is 6.62. The Labute approximate surface area is 319 Å². The van der Waals surface area contributed by atoms with Gasteiger partial charge in [0.15, 0.2) is 0 Å². The number of hydrogen-bond donors (Lipinski definition) is 0. The highest BCUT2D eigenvalue weighted by atomic mass is 35.5. The average Bonchev–Trinajstić information content (AvgIpc) is 3.11. The van der Waals surface area contributed by atoms with Crippen LogP contribution in [0.2, 0.25) is 0 Å². The molecule has 292 valence electrons. The summed E-state index contributed by atoms with van der Waals surface area (Å²) in [5.41, 5.74) is 1.40. The number of rotatable bonds is 38. The van der Waals surface area contributed by atoms with E-state index in [1.54, 1.807) is 0 Å². The first-order valence-electron chi connectivity index (χ1n) is 21.5. The zero-order valence-electron chi connectivity index (χ0n) is 33.7. The standard InChI is InChI=1S/C46H84NO2.ClH/c1-4-6-8-10-12-14-16-18-20-22-24-26-28-30-35-41-48-43-39-47(3,45-46-37-33-32-34-38-46)40-44-49-42-36-31-29-27-25-23-21-19-17-15-13-11-9-7-5-2;/h18-21,32-34,37-38H,4-17,22-31,35-36,39-45H2,1-3H3;1H/q+1;/p-1/b20-18+,21-19+;. The van der Waals surface area contributed by atoms with E-state index in [0.29, 0.717) is 0 Å². The second-order valence-corrected chi connectivity index (χ2v) is 15.1. The van der Waals surface area contributed by atoms with E-state index in [2.05, 4.69) is 75.5 Å². The second-order valence-electron chi connectivity index (χ2n) is 15.1. The third-order valence-electron chi connectivity index (χ3n) is 10.1. The van der Waals surface area contributed by atoms with Crippen molar-refractivity contribution in [3.63, 3.8) is 0 Å². The molecule has 0 unspecified atom stereocenters. The summed E-state index contributed by atoms with van der Waals surface area (Å²) in [6.07, 6.45) is 44.5. The molecule has 4 heteroatoms. The number of quaternary nitrogens is 1. The van der Waals surface area contributed by atoms with Crippen LogP contribution < -0.4 is 12.4 Å². The number of nitrogens with zero attached hydrogens (tertiary/aromatic N) is 1. The zero-order chi connectivity index (χ0) is 35.2. The molecule has 3 nitrogen and oxygen atoms in total. The molecule has 0 N–H and O–H groups in total. The summed E-state index contributed by atoms with van der Waals surface area (Å²) in [4.78, 5) is 0. The van der Waals surface area contributed by atoms with Crippen molar-refractivity contribution in [2.24, 2.45) is 0 Å². The molecule has 0 aromatic heterocycles. The normalized spacial score (nSPS) is 12.0. The molecule has 0 heterocycles. The summed E-state index contributed by atoms with van der Waals surface area (Å²) in [5.74, 6) is 0. The maximum absolute atomic E-state index is 6.15. The van der Waals surface area contributed by atoms with Gasteiger partial charge in [-0.3, -0.25) is 0 Å². The van der Waals surface area contributed by atoms with Crippen LogP contribution in [0.1, 0.15) is 186 Å². The number of allylic oxidation sites excluding steroid dienone is 4. The molecule has 50 heavy (non-hydrogen) atoms. The summed E-state index contributed by atoms with van der Waals surface area (Å²) in [5, 5.41) is 0. The van der Waals surface area contributed by atoms with Crippen LogP contribution in [0.4, 0.5) is 0 Å². The van der Waals surface area contributed by atoms with Crippen molar-refractivity contribution in [2.75, 3.05) is 46.6 Å². The van der Waals surface area contributed by atoms with Gasteiger partial charge in [-0.1, -0.05) is 171 Å². The molecular formula is C46H84ClNO2. The first-order valence-corrected chi connectivity index (χ1v) is 21.5. The van der Waals surface area contributed by atoms with E-state index in [1.165, 1.54) is 173 Å². The molecule has 0 fully saturated rings. The third kappa shape index (κ3) is 34.0. The molecule has 0 saturated carbocycles. The van der Waals surface area contributed by atoms with E-state index in [1.807, 2.05) is 0 Å². The molecule has 0 amide bonds. The van der Waals surface area contributed by atoms with Gasteiger partial charge >= 0.3 is 0 Å². The Kier molecular flexibility index (Phi) is 38.2. The van der Waals surface area contributed by atoms with Crippen LogP contribution >= 0.6 is 0 Å². The van der Waals surface area contributed by atoms with Gasteiger partial charge in [0.1, 0.15) is 19.6 Å². The molecule has 0 radical (unpaired) electrons. The van der Waals surface area contributed by atoms with Crippen LogP contribution in [0.25, 0.3) is 0 Å². The van der Waals surface area contributed by atoms with Gasteiger partial charge in [-0.25, -0.2) is 0 Å². The fraction of sp³-hybridized carbons (Fsp3) is 0.783. The average molecular weight is 719 g/mol. The first-order chi connectivity index (χ1) is 24.2. The highest BCUT2D eigenvalue weighted by molar-refractivity contribution is 5.13. The highest BCUT2D eigenvalue weighted by Gasteiger charge is 2.22. The fourth-order valence-corrected chi connectivity index (χ4v) is 6.62. The van der Waals surface area contributed by atoms with E-state index in [9.17, 15) is 0 Å². The summed E-state index contributed by atoms with van der Waals surface area (Å²) < 4.78 is 13.3. The Balaban J connectivity index is 0.0000240. The van der Waals surface area contributed by atoms with E-state index in [0.717, 1.165) is 50.5 Å². The molecule has 1 aromatic carbocycles. The van der Waals surface area contributed by atoms with Gasteiger partial charge in [0.2, 0.25) is 0 Å². The molecule has 0 aliphatic rings. The number of likely N-dealkylation sites (N-methyl/N-ethyl adjacent to an activating group) is 1. The summed E-state index contributed by atoms with van der Waals surface area (Å²) in [7, 11) is 2.38. The molecule has 0 saturated heterocycles. The number of unbranched alkanes of at least 4 members (excludes halogenated alkanes) is 22. The van der Waals surface area contributed by atoms with E-state index >= 15 is 0 Å². The van der Waals surface area contributed by atoms with Crippen molar-refractivity contribution in [2.45, 2.75) is 187 Å². The number of halogens is 1.